The van der Waals surface area contributed by atoms with Gasteiger partial charge in [-0.3, -0.25) is 4.79 Å². The number of rotatable bonds is 5. The van der Waals surface area contributed by atoms with Crippen LogP contribution < -0.4 is 0 Å². The van der Waals surface area contributed by atoms with Gasteiger partial charge >= 0.3 is 6.09 Å². The molecule has 1 fully saturated rings. The lowest BCUT2D eigenvalue weighted by molar-refractivity contribution is -0.121. The van der Waals surface area contributed by atoms with Gasteiger partial charge < -0.3 is 19.2 Å². The highest BCUT2D eigenvalue weighted by Crippen LogP contribution is 2.25. The van der Waals surface area contributed by atoms with Crippen LogP contribution in [0.5, 0.6) is 0 Å². The Labute approximate surface area is 136 Å². The Bertz CT molecular complexity index is 532. The fourth-order valence-corrected chi connectivity index (χ4v) is 2.75. The Morgan fingerprint density at radius 3 is 2.83 bits per heavy atom. The number of ether oxygens (including phenoxy) is 1. The van der Waals surface area contributed by atoms with Gasteiger partial charge in [-0.2, -0.15) is 0 Å². The second kappa shape index (κ2) is 7.17. The summed E-state index contributed by atoms with van der Waals surface area (Å²) in [5.74, 6) is -0.0702. The average molecular weight is 323 g/mol. The van der Waals surface area contributed by atoms with E-state index in [2.05, 4.69) is 0 Å². The molecule has 0 aromatic carbocycles. The normalized spacial score (nSPS) is 19.7. The number of aliphatic hydroxyl groups excluding tert-OH is 1. The van der Waals surface area contributed by atoms with Gasteiger partial charge in [-0.05, 0) is 39.7 Å². The largest absolute Gasteiger partial charge is 0.472 e. The number of hydrogen-bond donors (Lipinski definition) is 1. The smallest absolute Gasteiger partial charge is 0.410 e. The molecule has 0 aliphatic carbocycles. The number of carbonyl (C=O) groups is 2. The molecule has 1 aromatic rings. The number of carbonyl (C=O) groups excluding carboxylic acids is 2. The molecule has 1 aliphatic heterocycles. The van der Waals surface area contributed by atoms with E-state index < -0.39 is 11.7 Å². The first-order valence-electron chi connectivity index (χ1n) is 7.98. The van der Waals surface area contributed by atoms with Crippen molar-refractivity contribution in [3.05, 3.63) is 24.2 Å². The fraction of sp³-hybridized carbons (Fsp3) is 0.647. The summed E-state index contributed by atoms with van der Waals surface area (Å²) < 4.78 is 10.3. The van der Waals surface area contributed by atoms with Crippen LogP contribution in [0.3, 0.4) is 0 Å². The maximum Gasteiger partial charge on any atom is 0.410 e. The van der Waals surface area contributed by atoms with Gasteiger partial charge in [0.2, 0.25) is 0 Å². The molecule has 0 bridgehead atoms. The first kappa shape index (κ1) is 17.5. The summed E-state index contributed by atoms with van der Waals surface area (Å²) >= 11 is 0. The SMILES string of the molecule is CC(C)(C)OC(=O)N1CCC[C@H]1CC(=O)CC(O)c1ccoc1. The summed E-state index contributed by atoms with van der Waals surface area (Å²) in [5.41, 5.74) is 0.0416. The third kappa shape index (κ3) is 5.10. The lowest BCUT2D eigenvalue weighted by Gasteiger charge is -2.28. The molecule has 0 spiro atoms. The van der Waals surface area contributed by atoms with Gasteiger partial charge in [-0.25, -0.2) is 4.79 Å². The summed E-state index contributed by atoms with van der Waals surface area (Å²) in [4.78, 5) is 26.0. The lowest BCUT2D eigenvalue weighted by Crippen LogP contribution is -2.40. The van der Waals surface area contributed by atoms with Crippen molar-refractivity contribution in [3.63, 3.8) is 0 Å². The Morgan fingerprint density at radius 1 is 1.48 bits per heavy atom. The van der Waals surface area contributed by atoms with Gasteiger partial charge in [0.1, 0.15) is 11.4 Å². The summed E-state index contributed by atoms with van der Waals surface area (Å²) in [6.45, 7) is 6.07. The van der Waals surface area contributed by atoms with Crippen LogP contribution in [0, 0.1) is 0 Å². The van der Waals surface area contributed by atoms with Gasteiger partial charge in [-0.1, -0.05) is 0 Å². The molecule has 0 saturated carbocycles. The van der Waals surface area contributed by atoms with E-state index in [1.807, 2.05) is 20.8 Å². The molecular formula is C17H25NO5. The molecule has 2 heterocycles. The van der Waals surface area contributed by atoms with Crippen LogP contribution in [0.4, 0.5) is 4.79 Å². The number of amides is 1. The zero-order valence-electron chi connectivity index (χ0n) is 13.9. The Morgan fingerprint density at radius 2 is 2.22 bits per heavy atom. The predicted octanol–water partition coefficient (Wildman–Crippen LogP) is 3.06. The number of nitrogens with zero attached hydrogens (tertiary/aromatic N) is 1. The van der Waals surface area contributed by atoms with E-state index in [4.69, 9.17) is 9.15 Å². The number of hydrogen-bond acceptors (Lipinski definition) is 5. The maximum absolute atomic E-state index is 12.2. The van der Waals surface area contributed by atoms with E-state index in [0.717, 1.165) is 12.8 Å². The molecule has 1 aliphatic rings. The van der Waals surface area contributed by atoms with Crippen LogP contribution >= 0.6 is 0 Å². The van der Waals surface area contributed by atoms with Gasteiger partial charge in [-0.15, -0.1) is 0 Å². The van der Waals surface area contributed by atoms with E-state index >= 15 is 0 Å². The number of aliphatic hydroxyl groups is 1. The zero-order valence-corrected chi connectivity index (χ0v) is 13.9. The second-order valence-electron chi connectivity index (χ2n) is 6.99. The van der Waals surface area contributed by atoms with Crippen LogP contribution in [0.25, 0.3) is 0 Å². The Balaban J connectivity index is 1.88. The molecule has 1 aromatic heterocycles. The Hall–Kier alpha value is -1.82. The predicted molar refractivity (Wildman–Crippen MR) is 83.9 cm³/mol. The second-order valence-corrected chi connectivity index (χ2v) is 6.99. The summed E-state index contributed by atoms with van der Waals surface area (Å²) in [5, 5.41) is 10.00. The van der Waals surface area contributed by atoms with Crippen molar-refractivity contribution in [2.45, 2.75) is 64.2 Å². The number of likely N-dealkylation sites (tertiary alicyclic amines) is 1. The van der Waals surface area contributed by atoms with Crippen molar-refractivity contribution < 1.29 is 23.8 Å². The minimum atomic E-state index is -0.863. The lowest BCUT2D eigenvalue weighted by atomic mass is 10.0. The molecule has 1 amide bonds. The van der Waals surface area contributed by atoms with Crippen LogP contribution in [-0.4, -0.2) is 40.1 Å². The van der Waals surface area contributed by atoms with Crippen molar-refractivity contribution in [1.29, 1.82) is 0 Å². The van der Waals surface area contributed by atoms with Crippen molar-refractivity contribution >= 4 is 11.9 Å². The highest BCUT2D eigenvalue weighted by atomic mass is 16.6. The summed E-state index contributed by atoms with van der Waals surface area (Å²) in [6.07, 6.45) is 3.58. The van der Waals surface area contributed by atoms with E-state index in [-0.39, 0.29) is 30.8 Å². The van der Waals surface area contributed by atoms with Crippen LogP contribution in [0.15, 0.2) is 23.0 Å². The van der Waals surface area contributed by atoms with E-state index in [1.54, 1.807) is 11.0 Å². The van der Waals surface area contributed by atoms with Gasteiger partial charge in [0.15, 0.2) is 0 Å². The van der Waals surface area contributed by atoms with Crippen molar-refractivity contribution in [2.24, 2.45) is 0 Å². The van der Waals surface area contributed by atoms with E-state index in [9.17, 15) is 14.7 Å². The molecule has 2 rings (SSSR count). The molecule has 0 radical (unpaired) electrons. The fourth-order valence-electron chi connectivity index (χ4n) is 2.75. The standard InChI is InChI=1S/C17H25NO5/c1-17(2,3)23-16(21)18-7-4-5-13(18)9-14(19)10-15(20)12-6-8-22-11-12/h6,8,11,13,15,20H,4-5,7,9-10H2,1-3H3/t13-,15?/m0/s1. The van der Waals surface area contributed by atoms with Crippen molar-refractivity contribution in [2.75, 3.05) is 6.54 Å². The van der Waals surface area contributed by atoms with Crippen molar-refractivity contribution in [3.8, 4) is 0 Å². The molecule has 1 N–H and O–H groups in total. The third-order valence-corrected chi connectivity index (χ3v) is 3.82. The van der Waals surface area contributed by atoms with Gasteiger partial charge in [0, 0.05) is 31.0 Å². The average Bonchev–Trinajstić information content (AvgIpc) is 3.06. The number of furan rings is 1. The van der Waals surface area contributed by atoms with E-state index in [0.29, 0.717) is 12.1 Å². The number of ketones is 1. The molecule has 6 heteroatoms. The topological polar surface area (TPSA) is 80.0 Å². The zero-order chi connectivity index (χ0) is 17.0. The molecular weight excluding hydrogens is 298 g/mol. The molecule has 2 atom stereocenters. The minimum Gasteiger partial charge on any atom is -0.472 e. The summed E-state index contributed by atoms with van der Waals surface area (Å²) in [7, 11) is 0. The molecule has 128 valence electrons. The molecule has 23 heavy (non-hydrogen) atoms. The van der Waals surface area contributed by atoms with Crippen LogP contribution in [-0.2, 0) is 9.53 Å². The van der Waals surface area contributed by atoms with Crippen LogP contribution in [0.1, 0.15) is 58.1 Å². The highest BCUT2D eigenvalue weighted by Gasteiger charge is 2.33. The highest BCUT2D eigenvalue weighted by molar-refractivity contribution is 5.80. The monoisotopic (exact) mass is 323 g/mol. The maximum atomic E-state index is 12.2. The molecule has 6 nitrogen and oxygen atoms in total. The summed E-state index contributed by atoms with van der Waals surface area (Å²) in [6, 6.07) is 1.49. The van der Waals surface area contributed by atoms with E-state index in [1.165, 1.54) is 12.5 Å². The van der Waals surface area contributed by atoms with Crippen LogP contribution in [0.2, 0.25) is 0 Å². The molecule has 1 saturated heterocycles. The minimum absolute atomic E-state index is 0.0260. The van der Waals surface area contributed by atoms with Crippen molar-refractivity contribution in [1.82, 2.24) is 4.90 Å². The number of Topliss-reactive ketones (excluding diaryl/α,β-unsaturated/α-hetero) is 1. The molecule has 1 unspecified atom stereocenters. The van der Waals surface area contributed by atoms with Gasteiger partial charge in [0.25, 0.3) is 0 Å². The first-order chi connectivity index (χ1) is 10.8. The van der Waals surface area contributed by atoms with Gasteiger partial charge in [0.05, 0.1) is 18.6 Å². The Kier molecular flexibility index (Phi) is 5.46. The third-order valence-electron chi connectivity index (χ3n) is 3.82. The first-order valence-corrected chi connectivity index (χ1v) is 7.98. The quantitative estimate of drug-likeness (QED) is 0.901.